The van der Waals surface area contributed by atoms with Gasteiger partial charge in [0.2, 0.25) is 11.8 Å². The van der Waals surface area contributed by atoms with Crippen molar-refractivity contribution in [2.45, 2.75) is 58.5 Å². The molecule has 0 radical (unpaired) electrons. The number of anilines is 2. The Hall–Kier alpha value is -2.82. The van der Waals surface area contributed by atoms with Crippen molar-refractivity contribution in [3.8, 4) is 0 Å². The summed E-state index contributed by atoms with van der Waals surface area (Å²) >= 11 is 0. The van der Waals surface area contributed by atoms with Crippen LogP contribution in [0.2, 0.25) is 0 Å². The fraction of sp³-hybridized carbons (Fsp3) is 0.462. The Kier molecular flexibility index (Phi) is 7.37. The molecule has 0 saturated heterocycles. The Morgan fingerprint density at radius 3 is 2.29 bits per heavy atom. The van der Waals surface area contributed by atoms with Crippen molar-refractivity contribution in [1.29, 1.82) is 0 Å². The summed E-state index contributed by atoms with van der Waals surface area (Å²) in [5, 5.41) is 2.99. The van der Waals surface area contributed by atoms with Gasteiger partial charge in [-0.05, 0) is 48.6 Å². The van der Waals surface area contributed by atoms with Gasteiger partial charge in [0.1, 0.15) is 0 Å². The minimum atomic E-state index is -0.131. The van der Waals surface area contributed by atoms with Gasteiger partial charge in [-0.15, -0.1) is 0 Å². The van der Waals surface area contributed by atoms with Crippen LogP contribution in [-0.2, 0) is 16.1 Å². The number of carbonyl (C=O) groups excluding carboxylic acids is 2. The number of carbonyl (C=O) groups is 2. The summed E-state index contributed by atoms with van der Waals surface area (Å²) in [5.41, 5.74) is 3.97. The van der Waals surface area contributed by atoms with Gasteiger partial charge >= 0.3 is 0 Å². The number of hydrogen-bond donors (Lipinski definition) is 1. The SMILES string of the molecule is CC[C@@H](C(=O)N(Cc1cc(NC(=O)C(C)C)ccc1N(C)C)C1CC1)c1ccccc1. The maximum absolute atomic E-state index is 13.6. The Morgan fingerprint density at radius 2 is 1.74 bits per heavy atom. The van der Waals surface area contributed by atoms with Crippen LogP contribution in [0.4, 0.5) is 11.4 Å². The highest BCUT2D eigenvalue weighted by atomic mass is 16.2. The van der Waals surface area contributed by atoms with E-state index in [2.05, 4.69) is 22.0 Å². The van der Waals surface area contributed by atoms with Gasteiger partial charge in [-0.3, -0.25) is 9.59 Å². The third-order valence-electron chi connectivity index (χ3n) is 5.87. The molecule has 0 aliphatic heterocycles. The van der Waals surface area contributed by atoms with Gasteiger partial charge in [-0.2, -0.15) is 0 Å². The molecule has 3 rings (SSSR count). The first-order chi connectivity index (χ1) is 14.8. The number of benzene rings is 2. The smallest absolute Gasteiger partial charge is 0.230 e. The van der Waals surface area contributed by atoms with Crippen molar-refractivity contribution in [2.24, 2.45) is 5.92 Å². The summed E-state index contributed by atoms with van der Waals surface area (Å²) in [5.74, 6) is -0.0301. The topological polar surface area (TPSA) is 52.7 Å². The normalized spacial score (nSPS) is 14.3. The molecule has 0 aromatic heterocycles. The van der Waals surface area contributed by atoms with Gasteiger partial charge in [-0.25, -0.2) is 0 Å². The van der Waals surface area contributed by atoms with Crippen LogP contribution in [-0.4, -0.2) is 36.9 Å². The first-order valence-electron chi connectivity index (χ1n) is 11.3. The van der Waals surface area contributed by atoms with E-state index in [9.17, 15) is 9.59 Å². The van der Waals surface area contributed by atoms with Crippen LogP contribution in [0.15, 0.2) is 48.5 Å². The van der Waals surface area contributed by atoms with Crippen LogP contribution >= 0.6 is 0 Å². The Balaban J connectivity index is 1.89. The van der Waals surface area contributed by atoms with Crippen molar-refractivity contribution >= 4 is 23.2 Å². The summed E-state index contributed by atoms with van der Waals surface area (Å²) in [6, 6.07) is 16.3. The largest absolute Gasteiger partial charge is 0.377 e. The zero-order chi connectivity index (χ0) is 22.5. The molecule has 5 heteroatoms. The second-order valence-electron chi connectivity index (χ2n) is 8.95. The van der Waals surface area contributed by atoms with Gasteiger partial charge in [-0.1, -0.05) is 51.1 Å². The average molecular weight is 422 g/mol. The lowest BCUT2D eigenvalue weighted by Gasteiger charge is -2.29. The van der Waals surface area contributed by atoms with Crippen LogP contribution in [0, 0.1) is 5.92 Å². The van der Waals surface area contributed by atoms with Gasteiger partial charge in [0.15, 0.2) is 0 Å². The van der Waals surface area contributed by atoms with Gasteiger partial charge in [0.05, 0.1) is 5.92 Å². The molecule has 31 heavy (non-hydrogen) atoms. The molecule has 0 unspecified atom stereocenters. The van der Waals surface area contributed by atoms with Crippen LogP contribution < -0.4 is 10.2 Å². The molecule has 166 valence electrons. The zero-order valence-corrected chi connectivity index (χ0v) is 19.4. The number of hydrogen-bond acceptors (Lipinski definition) is 3. The van der Waals surface area contributed by atoms with Crippen molar-refractivity contribution in [1.82, 2.24) is 4.90 Å². The van der Waals surface area contributed by atoms with E-state index in [0.717, 1.165) is 41.8 Å². The minimum absolute atomic E-state index is 0.00574. The first-order valence-corrected chi connectivity index (χ1v) is 11.3. The summed E-state index contributed by atoms with van der Waals surface area (Å²) in [7, 11) is 4.01. The average Bonchev–Trinajstić information content (AvgIpc) is 3.58. The van der Waals surface area contributed by atoms with E-state index in [0.29, 0.717) is 12.6 Å². The first kappa shape index (κ1) is 22.9. The van der Waals surface area contributed by atoms with Crippen molar-refractivity contribution in [3.05, 3.63) is 59.7 Å². The monoisotopic (exact) mass is 421 g/mol. The predicted molar refractivity (Wildman–Crippen MR) is 127 cm³/mol. The van der Waals surface area contributed by atoms with Gasteiger partial charge in [0.25, 0.3) is 0 Å². The maximum atomic E-state index is 13.6. The van der Waals surface area contributed by atoms with E-state index in [-0.39, 0.29) is 23.7 Å². The third-order valence-corrected chi connectivity index (χ3v) is 5.87. The molecule has 1 saturated carbocycles. The Morgan fingerprint density at radius 1 is 1.06 bits per heavy atom. The summed E-state index contributed by atoms with van der Waals surface area (Å²) in [6.45, 7) is 6.39. The second-order valence-corrected chi connectivity index (χ2v) is 8.95. The van der Waals surface area contributed by atoms with Crippen LogP contribution in [0.25, 0.3) is 0 Å². The fourth-order valence-corrected chi connectivity index (χ4v) is 3.91. The second kappa shape index (κ2) is 9.99. The van der Waals surface area contributed by atoms with E-state index in [1.807, 2.05) is 76.5 Å². The number of nitrogens with zero attached hydrogens (tertiary/aromatic N) is 2. The molecule has 1 fully saturated rings. The maximum Gasteiger partial charge on any atom is 0.230 e. The number of rotatable bonds is 9. The standard InChI is InChI=1S/C26H35N3O2/c1-6-23(19-10-8-7-9-11-19)26(31)29(22-13-14-22)17-20-16-21(27-25(30)18(2)3)12-15-24(20)28(4)5/h7-12,15-16,18,22-23H,6,13-14,17H2,1-5H3,(H,27,30)/t23-/m1/s1. The number of nitrogens with one attached hydrogen (secondary N) is 1. The lowest BCUT2D eigenvalue weighted by molar-refractivity contribution is -0.134. The minimum Gasteiger partial charge on any atom is -0.377 e. The Labute approximate surface area is 186 Å². The van der Waals surface area contributed by atoms with E-state index in [4.69, 9.17) is 0 Å². The highest BCUT2D eigenvalue weighted by Gasteiger charge is 2.36. The molecule has 1 aliphatic rings. The third kappa shape index (κ3) is 5.66. The number of amides is 2. The molecule has 2 aromatic rings. The van der Waals surface area contributed by atoms with Gasteiger partial charge in [0, 0.05) is 44.0 Å². The van der Waals surface area contributed by atoms with Crippen LogP contribution in [0.1, 0.15) is 57.1 Å². The molecule has 0 bridgehead atoms. The molecule has 1 aliphatic carbocycles. The summed E-state index contributed by atoms with van der Waals surface area (Å²) in [4.78, 5) is 29.9. The van der Waals surface area contributed by atoms with Crippen molar-refractivity contribution in [2.75, 3.05) is 24.3 Å². The molecule has 1 N–H and O–H groups in total. The summed E-state index contributed by atoms with van der Waals surface area (Å²) in [6.07, 6.45) is 2.88. The van der Waals surface area contributed by atoms with E-state index >= 15 is 0 Å². The predicted octanol–water partition coefficient (Wildman–Crippen LogP) is 5.03. The zero-order valence-electron chi connectivity index (χ0n) is 19.4. The molecule has 0 heterocycles. The van der Waals surface area contributed by atoms with E-state index in [1.165, 1.54) is 0 Å². The van der Waals surface area contributed by atoms with E-state index < -0.39 is 0 Å². The molecule has 1 atom stereocenters. The lowest BCUT2D eigenvalue weighted by atomic mass is 9.94. The van der Waals surface area contributed by atoms with Crippen LogP contribution in [0.5, 0.6) is 0 Å². The Bertz CT molecular complexity index is 904. The highest BCUT2D eigenvalue weighted by Crippen LogP contribution is 2.35. The van der Waals surface area contributed by atoms with Crippen molar-refractivity contribution < 1.29 is 9.59 Å². The quantitative estimate of drug-likeness (QED) is 0.618. The lowest BCUT2D eigenvalue weighted by Crippen LogP contribution is -2.36. The molecular formula is C26H35N3O2. The molecule has 2 aromatic carbocycles. The fourth-order valence-electron chi connectivity index (χ4n) is 3.91. The molecule has 2 amide bonds. The van der Waals surface area contributed by atoms with Crippen molar-refractivity contribution in [3.63, 3.8) is 0 Å². The highest BCUT2D eigenvalue weighted by molar-refractivity contribution is 5.92. The molecule has 5 nitrogen and oxygen atoms in total. The molecular weight excluding hydrogens is 386 g/mol. The van der Waals surface area contributed by atoms with Crippen LogP contribution in [0.3, 0.4) is 0 Å². The van der Waals surface area contributed by atoms with E-state index in [1.54, 1.807) is 0 Å². The summed E-state index contributed by atoms with van der Waals surface area (Å²) < 4.78 is 0. The molecule has 0 spiro atoms. The van der Waals surface area contributed by atoms with Gasteiger partial charge < -0.3 is 15.1 Å².